The number of halogens is 5. The van der Waals surface area contributed by atoms with Gasteiger partial charge in [-0.15, -0.1) is 0 Å². The summed E-state index contributed by atoms with van der Waals surface area (Å²) in [6.07, 6.45) is -1.06. The summed E-state index contributed by atoms with van der Waals surface area (Å²) in [6, 6.07) is 13.6. The Morgan fingerprint density at radius 1 is 0.837 bits per heavy atom. The summed E-state index contributed by atoms with van der Waals surface area (Å²) in [5, 5.41) is 11.5. The van der Waals surface area contributed by atoms with Crippen LogP contribution in [-0.2, 0) is 15.1 Å². The van der Waals surface area contributed by atoms with Crippen molar-refractivity contribution in [2.75, 3.05) is 19.2 Å². The molecular formula is C30H20F5NO7. The topological polar surface area (TPSA) is 95.5 Å². The van der Waals surface area contributed by atoms with E-state index in [1.807, 2.05) is 0 Å². The molecule has 4 aromatic carbocycles. The van der Waals surface area contributed by atoms with Crippen LogP contribution < -0.4 is 19.5 Å². The van der Waals surface area contributed by atoms with Crippen LogP contribution in [0.3, 0.4) is 0 Å². The minimum absolute atomic E-state index is 0.0332. The monoisotopic (exact) mass is 601 g/mol. The zero-order valence-corrected chi connectivity index (χ0v) is 22.3. The molecule has 2 aliphatic heterocycles. The zero-order valence-electron chi connectivity index (χ0n) is 22.3. The number of carbonyl (C=O) groups is 1. The van der Waals surface area contributed by atoms with Gasteiger partial charge in [0.05, 0.1) is 12.7 Å². The number of carbonyl (C=O) groups excluding carboxylic acids is 1. The summed E-state index contributed by atoms with van der Waals surface area (Å²) in [5.74, 6) is -10.2. The smallest absolute Gasteiger partial charge is 0.340 e. The number of methoxy groups -OCH3 is 1. The third-order valence-corrected chi connectivity index (χ3v) is 7.00. The number of fused-ring (bicyclic) bond motifs is 6. The minimum Gasteiger partial charge on any atom is -0.497 e. The van der Waals surface area contributed by atoms with Crippen LogP contribution in [0.25, 0.3) is 0 Å². The van der Waals surface area contributed by atoms with E-state index in [0.717, 1.165) is 0 Å². The SMILES string of the molecule is COc1ccc2c(c1)Oc1cc(OCOC(C)O)ccc1C21OC(=O)c2cc(Nc3c(F)c(F)c(F)c(F)c3F)ccc21. The Bertz CT molecular complexity index is 1770. The van der Waals surface area contributed by atoms with Crippen LogP contribution in [-0.4, -0.2) is 31.3 Å². The molecule has 2 aliphatic rings. The molecule has 13 heteroatoms. The highest BCUT2D eigenvalue weighted by molar-refractivity contribution is 5.98. The van der Waals surface area contributed by atoms with Gasteiger partial charge in [-0.3, -0.25) is 0 Å². The van der Waals surface area contributed by atoms with Crippen molar-refractivity contribution in [1.29, 1.82) is 0 Å². The van der Waals surface area contributed by atoms with E-state index < -0.39 is 52.6 Å². The van der Waals surface area contributed by atoms with Crippen molar-refractivity contribution in [3.63, 3.8) is 0 Å². The van der Waals surface area contributed by atoms with E-state index in [0.29, 0.717) is 28.2 Å². The molecule has 222 valence electrons. The maximum absolute atomic E-state index is 14.3. The summed E-state index contributed by atoms with van der Waals surface area (Å²) in [4.78, 5) is 13.3. The Hall–Kier alpha value is -4.88. The number of esters is 1. The lowest BCUT2D eigenvalue weighted by atomic mass is 9.77. The summed E-state index contributed by atoms with van der Waals surface area (Å²) < 4.78 is 97.8. The molecule has 0 aliphatic carbocycles. The number of anilines is 2. The van der Waals surface area contributed by atoms with Gasteiger partial charge in [-0.25, -0.2) is 26.7 Å². The number of aliphatic hydroxyl groups excluding tert-OH is 1. The van der Waals surface area contributed by atoms with Crippen molar-refractivity contribution in [1.82, 2.24) is 0 Å². The van der Waals surface area contributed by atoms with Crippen LogP contribution in [0.4, 0.5) is 33.3 Å². The summed E-state index contributed by atoms with van der Waals surface area (Å²) >= 11 is 0. The molecule has 43 heavy (non-hydrogen) atoms. The van der Waals surface area contributed by atoms with E-state index in [1.165, 1.54) is 38.3 Å². The average Bonchev–Trinajstić information content (AvgIpc) is 3.28. The standard InChI is InChI=1S/C30H20F5NO7/c1-13(37)40-12-41-16-5-8-20-22(11-16)42-21-10-15(39-2)4-7-19(21)30(20)18-6-3-14(9-17(18)29(38)43-30)36-28-26(34)24(32)23(31)25(33)27(28)35/h3-11,13,36-37H,12H2,1-2H3. The number of benzene rings is 4. The van der Waals surface area contributed by atoms with E-state index >= 15 is 0 Å². The normalized spacial score (nSPS) is 17.0. The first kappa shape index (κ1) is 28.2. The highest BCUT2D eigenvalue weighted by atomic mass is 19.2. The molecule has 2 heterocycles. The molecule has 4 aromatic rings. The molecule has 2 atom stereocenters. The van der Waals surface area contributed by atoms with Crippen molar-refractivity contribution < 1.29 is 55.5 Å². The summed E-state index contributed by atoms with van der Waals surface area (Å²) in [7, 11) is 1.46. The molecule has 2 unspecified atom stereocenters. The fraction of sp³-hybridized carbons (Fsp3) is 0.167. The maximum Gasteiger partial charge on any atom is 0.340 e. The third-order valence-electron chi connectivity index (χ3n) is 7.00. The first-order valence-electron chi connectivity index (χ1n) is 12.6. The number of hydrogen-bond donors (Lipinski definition) is 2. The van der Waals surface area contributed by atoms with Crippen molar-refractivity contribution in [3.8, 4) is 23.0 Å². The van der Waals surface area contributed by atoms with Gasteiger partial charge in [0.2, 0.25) is 5.82 Å². The number of nitrogens with one attached hydrogen (secondary N) is 1. The molecule has 0 bridgehead atoms. The first-order chi connectivity index (χ1) is 20.5. The number of hydrogen-bond acceptors (Lipinski definition) is 8. The predicted molar refractivity (Wildman–Crippen MR) is 139 cm³/mol. The van der Waals surface area contributed by atoms with Crippen LogP contribution >= 0.6 is 0 Å². The molecule has 8 nitrogen and oxygen atoms in total. The fourth-order valence-electron chi connectivity index (χ4n) is 5.04. The Kier molecular flexibility index (Phi) is 6.86. The summed E-state index contributed by atoms with van der Waals surface area (Å²) in [5.41, 5.74) is -1.85. The van der Waals surface area contributed by atoms with Crippen molar-refractivity contribution in [2.24, 2.45) is 0 Å². The van der Waals surface area contributed by atoms with Gasteiger partial charge in [0.15, 0.2) is 42.0 Å². The van der Waals surface area contributed by atoms with Gasteiger partial charge < -0.3 is 34.1 Å². The Labute approximate surface area is 240 Å². The molecule has 2 N–H and O–H groups in total. The first-order valence-corrected chi connectivity index (χ1v) is 12.6. The third kappa shape index (κ3) is 4.48. The summed E-state index contributed by atoms with van der Waals surface area (Å²) in [6.45, 7) is 1.16. The van der Waals surface area contributed by atoms with Crippen LogP contribution in [0.1, 0.15) is 34.0 Å². The number of aliphatic hydroxyl groups is 1. The molecule has 0 radical (unpaired) electrons. The van der Waals surface area contributed by atoms with Crippen molar-refractivity contribution >= 4 is 17.3 Å². The molecule has 0 saturated heterocycles. The van der Waals surface area contributed by atoms with Crippen molar-refractivity contribution in [3.05, 3.63) is 106 Å². The second kappa shape index (κ2) is 10.4. The van der Waals surface area contributed by atoms with Gasteiger partial charge in [0, 0.05) is 34.5 Å². The minimum atomic E-state index is -2.29. The van der Waals surface area contributed by atoms with Gasteiger partial charge in [0.25, 0.3) is 0 Å². The van der Waals surface area contributed by atoms with Crippen LogP contribution in [0.15, 0.2) is 54.6 Å². The van der Waals surface area contributed by atoms with Crippen LogP contribution in [0.2, 0.25) is 0 Å². The van der Waals surface area contributed by atoms with Gasteiger partial charge >= 0.3 is 5.97 Å². The van der Waals surface area contributed by atoms with E-state index in [1.54, 1.807) is 30.3 Å². The lowest BCUT2D eigenvalue weighted by Gasteiger charge is -2.36. The number of rotatable bonds is 7. The van der Waals surface area contributed by atoms with Gasteiger partial charge in [-0.2, -0.15) is 0 Å². The van der Waals surface area contributed by atoms with E-state index in [2.05, 4.69) is 5.32 Å². The lowest BCUT2D eigenvalue weighted by molar-refractivity contribution is -0.131. The van der Waals surface area contributed by atoms with Gasteiger partial charge in [-0.1, -0.05) is 6.07 Å². The quantitative estimate of drug-likeness (QED) is 0.0827. The highest BCUT2D eigenvalue weighted by Gasteiger charge is 2.53. The van der Waals surface area contributed by atoms with E-state index in [-0.39, 0.29) is 29.5 Å². The Morgan fingerprint density at radius 3 is 2.05 bits per heavy atom. The molecule has 0 amide bonds. The number of ether oxygens (including phenoxy) is 5. The molecular weight excluding hydrogens is 581 g/mol. The lowest BCUT2D eigenvalue weighted by Crippen LogP contribution is -2.33. The van der Waals surface area contributed by atoms with Crippen LogP contribution in [0.5, 0.6) is 23.0 Å². The van der Waals surface area contributed by atoms with E-state index in [4.69, 9.17) is 23.7 Å². The van der Waals surface area contributed by atoms with Gasteiger partial charge in [0.1, 0.15) is 28.7 Å². The second-order valence-electron chi connectivity index (χ2n) is 9.55. The maximum atomic E-state index is 14.3. The molecule has 0 aromatic heterocycles. The average molecular weight is 601 g/mol. The molecule has 1 spiro atoms. The molecule has 0 saturated carbocycles. The predicted octanol–water partition coefficient (Wildman–Crippen LogP) is 6.39. The van der Waals surface area contributed by atoms with Crippen molar-refractivity contribution in [2.45, 2.75) is 18.8 Å². The molecule has 6 rings (SSSR count). The second-order valence-corrected chi connectivity index (χ2v) is 9.55. The largest absolute Gasteiger partial charge is 0.497 e. The fourth-order valence-corrected chi connectivity index (χ4v) is 5.04. The van der Waals surface area contributed by atoms with Gasteiger partial charge in [-0.05, 0) is 43.3 Å². The van der Waals surface area contributed by atoms with E-state index in [9.17, 15) is 31.9 Å². The highest BCUT2D eigenvalue weighted by Crippen LogP contribution is 2.57. The molecule has 0 fully saturated rings. The van der Waals surface area contributed by atoms with Crippen LogP contribution in [0, 0.1) is 29.1 Å². The Balaban J connectivity index is 1.46. The zero-order chi connectivity index (χ0) is 30.6. The Morgan fingerprint density at radius 2 is 1.42 bits per heavy atom.